The summed E-state index contributed by atoms with van der Waals surface area (Å²) in [4.78, 5) is 0. The normalized spacial score (nSPS) is 17.1. The monoisotopic (exact) mass is 287 g/mol. The Bertz CT molecular complexity index is 465. The van der Waals surface area contributed by atoms with E-state index in [9.17, 15) is 4.21 Å². The fraction of sp³-hybridized carbons (Fsp3) is 0.538. The van der Waals surface area contributed by atoms with Crippen molar-refractivity contribution in [3.63, 3.8) is 0 Å². The van der Waals surface area contributed by atoms with Gasteiger partial charge in [0.2, 0.25) is 0 Å². The minimum atomic E-state index is -0.935. The number of hydrogen-bond acceptors (Lipinski definition) is 3. The fourth-order valence-electron chi connectivity index (χ4n) is 2.11. The zero-order valence-corrected chi connectivity index (χ0v) is 12.0. The summed E-state index contributed by atoms with van der Waals surface area (Å²) in [6.07, 6.45) is 1.66. The molecule has 1 heterocycles. The highest BCUT2D eigenvalue weighted by molar-refractivity contribution is 7.84. The van der Waals surface area contributed by atoms with Crippen molar-refractivity contribution in [3.05, 3.63) is 28.3 Å². The molecule has 2 unspecified atom stereocenters. The van der Waals surface area contributed by atoms with Crippen LogP contribution in [0.4, 0.5) is 0 Å². The van der Waals surface area contributed by atoms with E-state index in [2.05, 4.69) is 0 Å². The van der Waals surface area contributed by atoms with Gasteiger partial charge in [-0.1, -0.05) is 18.5 Å². The minimum absolute atomic E-state index is 0.103. The average molecular weight is 288 g/mol. The molecule has 0 aromatic heterocycles. The van der Waals surface area contributed by atoms with E-state index in [-0.39, 0.29) is 5.25 Å². The van der Waals surface area contributed by atoms with Crippen molar-refractivity contribution >= 4 is 22.4 Å². The molecule has 0 saturated heterocycles. The molecule has 0 radical (unpaired) electrons. The number of halogens is 1. The van der Waals surface area contributed by atoms with Crippen molar-refractivity contribution in [2.45, 2.75) is 30.8 Å². The van der Waals surface area contributed by atoms with E-state index in [0.29, 0.717) is 23.9 Å². The highest BCUT2D eigenvalue weighted by atomic mass is 35.5. The summed E-state index contributed by atoms with van der Waals surface area (Å²) in [6.45, 7) is 3.22. The minimum Gasteiger partial charge on any atom is -0.493 e. The summed E-state index contributed by atoms with van der Waals surface area (Å²) >= 11 is 6.08. The lowest BCUT2D eigenvalue weighted by Gasteiger charge is -2.13. The molecule has 18 heavy (non-hydrogen) atoms. The van der Waals surface area contributed by atoms with Gasteiger partial charge in [0.05, 0.1) is 12.4 Å². The summed E-state index contributed by atoms with van der Waals surface area (Å²) in [6, 6.07) is 3.79. The summed E-state index contributed by atoms with van der Waals surface area (Å²) in [5, 5.41) is 0.795. The van der Waals surface area contributed by atoms with Crippen LogP contribution in [0.5, 0.6) is 5.75 Å². The molecule has 0 amide bonds. The number of nitrogens with two attached hydrogens (primary N) is 1. The molecular weight excluding hydrogens is 270 g/mol. The first kappa shape index (κ1) is 13.8. The van der Waals surface area contributed by atoms with Gasteiger partial charge in [-0.2, -0.15) is 0 Å². The fourth-order valence-corrected chi connectivity index (χ4v) is 3.58. The molecule has 0 bridgehead atoms. The van der Waals surface area contributed by atoms with Crippen molar-refractivity contribution in [3.8, 4) is 5.75 Å². The lowest BCUT2D eigenvalue weighted by atomic mass is 10.1. The van der Waals surface area contributed by atoms with E-state index in [1.54, 1.807) is 0 Å². The van der Waals surface area contributed by atoms with E-state index in [4.69, 9.17) is 22.1 Å². The smallest absolute Gasteiger partial charge is 0.126 e. The average Bonchev–Trinajstić information content (AvgIpc) is 2.77. The largest absolute Gasteiger partial charge is 0.493 e. The van der Waals surface area contributed by atoms with E-state index < -0.39 is 10.8 Å². The van der Waals surface area contributed by atoms with Crippen LogP contribution in [-0.2, 0) is 23.0 Å². The predicted molar refractivity (Wildman–Crippen MR) is 75.6 cm³/mol. The number of benzene rings is 1. The molecule has 0 aliphatic carbocycles. The topological polar surface area (TPSA) is 52.3 Å². The molecule has 5 heteroatoms. The van der Waals surface area contributed by atoms with Crippen LogP contribution in [-0.4, -0.2) is 22.6 Å². The summed E-state index contributed by atoms with van der Waals surface area (Å²) in [7, 11) is -0.935. The van der Waals surface area contributed by atoms with Crippen LogP contribution in [0.1, 0.15) is 24.5 Å². The van der Waals surface area contributed by atoms with Gasteiger partial charge < -0.3 is 10.5 Å². The molecule has 2 rings (SSSR count). The van der Waals surface area contributed by atoms with Gasteiger partial charge in [-0.25, -0.2) is 0 Å². The van der Waals surface area contributed by atoms with Crippen LogP contribution >= 0.6 is 11.6 Å². The van der Waals surface area contributed by atoms with Gasteiger partial charge in [0.25, 0.3) is 0 Å². The lowest BCUT2D eigenvalue weighted by molar-refractivity contribution is 0.354. The highest BCUT2D eigenvalue weighted by Gasteiger charge is 2.20. The molecule has 0 fully saturated rings. The van der Waals surface area contributed by atoms with Crippen LogP contribution in [0.2, 0.25) is 5.02 Å². The Labute approximate surface area is 115 Å². The zero-order valence-electron chi connectivity index (χ0n) is 10.4. The number of rotatable bonds is 5. The van der Waals surface area contributed by atoms with E-state index >= 15 is 0 Å². The third kappa shape index (κ3) is 3.05. The predicted octanol–water partition coefficient (Wildman–Crippen LogP) is 2.26. The molecule has 3 nitrogen and oxygen atoms in total. The maximum Gasteiger partial charge on any atom is 0.126 e. The molecule has 2 N–H and O–H groups in total. The molecule has 1 aromatic rings. The van der Waals surface area contributed by atoms with E-state index in [1.165, 1.54) is 0 Å². The van der Waals surface area contributed by atoms with Gasteiger partial charge in [-0.15, -0.1) is 0 Å². The Morgan fingerprint density at radius 1 is 1.56 bits per heavy atom. The second-order valence-corrected chi connectivity index (χ2v) is 6.86. The van der Waals surface area contributed by atoms with Gasteiger partial charge in [-0.05, 0) is 30.7 Å². The Balaban J connectivity index is 2.17. The van der Waals surface area contributed by atoms with Crippen molar-refractivity contribution < 1.29 is 8.95 Å². The van der Waals surface area contributed by atoms with Crippen LogP contribution in [0.15, 0.2) is 12.1 Å². The Morgan fingerprint density at radius 3 is 3.06 bits per heavy atom. The summed E-state index contributed by atoms with van der Waals surface area (Å²) in [5.74, 6) is 1.37. The molecule has 1 aromatic carbocycles. The SMILES string of the molecule is CC(CCN)S(=O)Cc1cc(Cl)cc2c1OCC2. The number of fused-ring (bicyclic) bond motifs is 1. The highest BCUT2D eigenvalue weighted by Crippen LogP contribution is 2.33. The third-order valence-electron chi connectivity index (χ3n) is 3.15. The first-order valence-electron chi connectivity index (χ1n) is 6.13. The maximum atomic E-state index is 12.2. The van der Waals surface area contributed by atoms with Crippen LogP contribution in [0.25, 0.3) is 0 Å². The molecular formula is C13H18ClNO2S. The van der Waals surface area contributed by atoms with Crippen LogP contribution in [0, 0.1) is 0 Å². The number of ether oxygens (including phenoxy) is 1. The molecule has 0 spiro atoms. The molecule has 2 atom stereocenters. The van der Waals surface area contributed by atoms with Crippen molar-refractivity contribution in [1.29, 1.82) is 0 Å². The number of hydrogen-bond donors (Lipinski definition) is 1. The van der Waals surface area contributed by atoms with Gasteiger partial charge in [0.15, 0.2) is 0 Å². The van der Waals surface area contributed by atoms with Crippen molar-refractivity contribution in [2.75, 3.05) is 13.2 Å². The first-order chi connectivity index (χ1) is 8.61. The maximum absolute atomic E-state index is 12.2. The summed E-state index contributed by atoms with van der Waals surface area (Å²) < 4.78 is 17.8. The summed E-state index contributed by atoms with van der Waals surface area (Å²) in [5.41, 5.74) is 7.58. The third-order valence-corrected chi connectivity index (χ3v) is 5.09. The molecule has 100 valence electrons. The standard InChI is InChI=1S/C13H18ClNO2S/c1-9(2-4-15)18(16)8-11-7-12(14)6-10-3-5-17-13(10)11/h6-7,9H,2-5,8,15H2,1H3. The van der Waals surface area contributed by atoms with Crippen molar-refractivity contribution in [1.82, 2.24) is 0 Å². The van der Waals surface area contributed by atoms with Crippen LogP contribution in [0.3, 0.4) is 0 Å². The molecule has 0 saturated carbocycles. The Kier molecular flexibility index (Phi) is 4.65. The van der Waals surface area contributed by atoms with Crippen LogP contribution < -0.4 is 10.5 Å². The van der Waals surface area contributed by atoms with Gasteiger partial charge in [0.1, 0.15) is 5.75 Å². The van der Waals surface area contributed by atoms with Gasteiger partial charge in [0, 0.05) is 33.1 Å². The Hall–Kier alpha value is -0.580. The van der Waals surface area contributed by atoms with E-state index in [0.717, 1.165) is 29.7 Å². The van der Waals surface area contributed by atoms with Gasteiger partial charge >= 0.3 is 0 Å². The quantitative estimate of drug-likeness (QED) is 0.904. The second-order valence-electron chi connectivity index (χ2n) is 4.56. The van der Waals surface area contributed by atoms with E-state index in [1.807, 2.05) is 19.1 Å². The zero-order chi connectivity index (χ0) is 13.1. The van der Waals surface area contributed by atoms with Gasteiger partial charge in [-0.3, -0.25) is 4.21 Å². The molecule has 1 aliphatic heterocycles. The first-order valence-corrected chi connectivity index (χ1v) is 7.89. The Morgan fingerprint density at radius 2 is 2.33 bits per heavy atom. The second kappa shape index (κ2) is 6.04. The molecule has 1 aliphatic rings. The van der Waals surface area contributed by atoms with Crippen molar-refractivity contribution in [2.24, 2.45) is 5.73 Å². The lowest BCUT2D eigenvalue weighted by Crippen LogP contribution is -2.17.